The predicted octanol–water partition coefficient (Wildman–Crippen LogP) is 1.27. The fourth-order valence-corrected chi connectivity index (χ4v) is 1.81. The van der Waals surface area contributed by atoms with E-state index in [1.165, 1.54) is 0 Å². The highest BCUT2D eigenvalue weighted by Crippen LogP contribution is 2.04. The Kier molecular flexibility index (Phi) is 1.59. The van der Waals surface area contributed by atoms with Crippen LogP contribution in [0.1, 0.15) is 0 Å². The SMILES string of the molecule is O=c1[nH]c2cccc[n+]2c2ccccc12. The molecular weight excluding hydrogens is 188 g/mol. The van der Waals surface area contributed by atoms with Crippen LogP contribution in [0.2, 0.25) is 0 Å². The van der Waals surface area contributed by atoms with Crippen molar-refractivity contribution in [3.05, 3.63) is 59.0 Å². The zero-order valence-electron chi connectivity index (χ0n) is 7.97. The van der Waals surface area contributed by atoms with E-state index >= 15 is 0 Å². The molecule has 0 aliphatic carbocycles. The molecule has 3 aromatic rings. The number of hydrogen-bond acceptors (Lipinski definition) is 1. The van der Waals surface area contributed by atoms with Crippen LogP contribution < -0.4 is 9.96 Å². The smallest absolute Gasteiger partial charge is 0.241 e. The molecule has 0 amide bonds. The van der Waals surface area contributed by atoms with E-state index in [4.69, 9.17) is 0 Å². The lowest BCUT2D eigenvalue weighted by molar-refractivity contribution is -0.484. The molecule has 1 N–H and O–H groups in total. The van der Waals surface area contributed by atoms with E-state index in [-0.39, 0.29) is 5.56 Å². The van der Waals surface area contributed by atoms with Crippen LogP contribution in [-0.4, -0.2) is 4.98 Å². The van der Waals surface area contributed by atoms with E-state index in [0.717, 1.165) is 11.2 Å². The number of nitrogens with zero attached hydrogens (tertiary/aromatic N) is 1. The molecule has 0 saturated heterocycles. The number of para-hydroxylation sites is 1. The van der Waals surface area contributed by atoms with Crippen LogP contribution in [0.15, 0.2) is 53.5 Å². The molecule has 3 rings (SSSR count). The number of H-pyrrole nitrogens is 1. The van der Waals surface area contributed by atoms with Crippen molar-refractivity contribution in [2.75, 3.05) is 0 Å². The number of benzene rings is 1. The summed E-state index contributed by atoms with van der Waals surface area (Å²) >= 11 is 0. The van der Waals surface area contributed by atoms with Gasteiger partial charge in [-0.3, -0.25) is 0 Å². The molecule has 0 bridgehead atoms. The molecule has 3 nitrogen and oxygen atoms in total. The van der Waals surface area contributed by atoms with Crippen LogP contribution in [0.3, 0.4) is 0 Å². The molecule has 1 aromatic carbocycles. The number of aromatic nitrogens is 2. The summed E-state index contributed by atoms with van der Waals surface area (Å²) in [5, 5.41) is 0.709. The summed E-state index contributed by atoms with van der Waals surface area (Å²) in [6.45, 7) is 0. The van der Waals surface area contributed by atoms with Crippen LogP contribution in [0.25, 0.3) is 16.6 Å². The van der Waals surface area contributed by atoms with Gasteiger partial charge in [-0.05, 0) is 18.2 Å². The molecule has 72 valence electrons. The maximum atomic E-state index is 11.7. The largest absolute Gasteiger partial charge is 0.343 e. The Bertz CT molecular complexity index is 700. The van der Waals surface area contributed by atoms with Crippen LogP contribution in [0.5, 0.6) is 0 Å². The summed E-state index contributed by atoms with van der Waals surface area (Å²) in [4.78, 5) is 14.6. The molecule has 0 spiro atoms. The molecule has 2 aromatic heterocycles. The maximum Gasteiger partial charge on any atom is 0.343 e. The van der Waals surface area contributed by atoms with Crippen LogP contribution in [-0.2, 0) is 0 Å². The van der Waals surface area contributed by atoms with Crippen molar-refractivity contribution in [3.63, 3.8) is 0 Å². The van der Waals surface area contributed by atoms with Crippen molar-refractivity contribution >= 4 is 16.6 Å². The summed E-state index contributed by atoms with van der Waals surface area (Å²) in [5.74, 6) is 0. The lowest BCUT2D eigenvalue weighted by Crippen LogP contribution is -2.28. The Morgan fingerprint density at radius 3 is 2.73 bits per heavy atom. The predicted molar refractivity (Wildman–Crippen MR) is 57.7 cm³/mol. The Morgan fingerprint density at radius 2 is 1.80 bits per heavy atom. The second kappa shape index (κ2) is 2.92. The lowest BCUT2D eigenvalue weighted by Gasteiger charge is -1.96. The van der Waals surface area contributed by atoms with Gasteiger partial charge in [0.2, 0.25) is 0 Å². The van der Waals surface area contributed by atoms with Crippen molar-refractivity contribution in [2.24, 2.45) is 0 Å². The molecule has 3 heteroatoms. The minimum atomic E-state index is -0.0446. The van der Waals surface area contributed by atoms with Crippen molar-refractivity contribution in [1.82, 2.24) is 4.98 Å². The molecule has 0 saturated carbocycles. The molecule has 0 unspecified atom stereocenters. The molecule has 0 atom stereocenters. The minimum absolute atomic E-state index is 0.0446. The third kappa shape index (κ3) is 1.13. The molecule has 2 heterocycles. The average molecular weight is 197 g/mol. The van der Waals surface area contributed by atoms with Gasteiger partial charge in [-0.1, -0.05) is 18.2 Å². The van der Waals surface area contributed by atoms with E-state index in [2.05, 4.69) is 4.98 Å². The van der Waals surface area contributed by atoms with Gasteiger partial charge in [0.15, 0.2) is 0 Å². The summed E-state index contributed by atoms with van der Waals surface area (Å²) in [6.07, 6.45) is 1.94. The van der Waals surface area contributed by atoms with Crippen molar-refractivity contribution in [1.29, 1.82) is 0 Å². The standard InChI is InChI=1S/C12H8N2O/c15-12-9-5-1-2-6-10(9)14-8-4-3-7-11(14)13-12/h1-8H/p+1. The van der Waals surface area contributed by atoms with Gasteiger partial charge in [-0.15, -0.1) is 0 Å². The summed E-state index contributed by atoms with van der Waals surface area (Å²) in [6, 6.07) is 13.3. The first-order valence-corrected chi connectivity index (χ1v) is 4.78. The van der Waals surface area contributed by atoms with Gasteiger partial charge in [0, 0.05) is 6.07 Å². The van der Waals surface area contributed by atoms with Crippen LogP contribution in [0.4, 0.5) is 0 Å². The first-order valence-electron chi connectivity index (χ1n) is 4.78. The van der Waals surface area contributed by atoms with E-state index in [0.29, 0.717) is 5.39 Å². The third-order valence-electron chi connectivity index (χ3n) is 2.51. The van der Waals surface area contributed by atoms with E-state index < -0.39 is 0 Å². The van der Waals surface area contributed by atoms with Crippen molar-refractivity contribution < 1.29 is 4.40 Å². The van der Waals surface area contributed by atoms with Crippen molar-refractivity contribution in [3.8, 4) is 0 Å². The molecular formula is C12H9N2O+. The highest BCUT2D eigenvalue weighted by Gasteiger charge is 2.08. The van der Waals surface area contributed by atoms with Gasteiger partial charge in [0.05, 0.1) is 6.20 Å². The topological polar surface area (TPSA) is 37.0 Å². The normalized spacial score (nSPS) is 10.9. The molecule has 0 aliphatic rings. The number of fused-ring (bicyclic) bond motifs is 3. The molecule has 0 radical (unpaired) electrons. The Morgan fingerprint density at radius 1 is 1.00 bits per heavy atom. The third-order valence-corrected chi connectivity index (χ3v) is 2.51. The highest BCUT2D eigenvalue weighted by atomic mass is 16.1. The monoisotopic (exact) mass is 197 g/mol. The maximum absolute atomic E-state index is 11.7. The van der Waals surface area contributed by atoms with E-state index in [1.54, 1.807) is 0 Å². The second-order valence-electron chi connectivity index (χ2n) is 3.43. The first-order chi connectivity index (χ1) is 7.36. The minimum Gasteiger partial charge on any atom is -0.241 e. The van der Waals surface area contributed by atoms with Gasteiger partial charge in [-0.2, -0.15) is 4.40 Å². The van der Waals surface area contributed by atoms with Gasteiger partial charge in [-0.25, -0.2) is 9.78 Å². The molecule has 0 fully saturated rings. The molecule has 15 heavy (non-hydrogen) atoms. The van der Waals surface area contributed by atoms with Gasteiger partial charge >= 0.3 is 5.56 Å². The average Bonchev–Trinajstić information content (AvgIpc) is 2.30. The quantitative estimate of drug-likeness (QED) is 0.427. The Labute approximate surface area is 85.6 Å². The van der Waals surface area contributed by atoms with Crippen LogP contribution >= 0.6 is 0 Å². The highest BCUT2D eigenvalue weighted by molar-refractivity contribution is 5.75. The summed E-state index contributed by atoms with van der Waals surface area (Å²) < 4.78 is 1.97. The number of hydrogen-bond donors (Lipinski definition) is 1. The molecule has 0 aliphatic heterocycles. The number of rotatable bonds is 0. The fourth-order valence-electron chi connectivity index (χ4n) is 1.81. The van der Waals surface area contributed by atoms with Gasteiger partial charge in [0.25, 0.3) is 5.65 Å². The summed E-state index contributed by atoms with van der Waals surface area (Å²) in [5.41, 5.74) is 1.69. The summed E-state index contributed by atoms with van der Waals surface area (Å²) in [7, 11) is 0. The zero-order valence-corrected chi connectivity index (χ0v) is 7.97. The number of pyridine rings is 1. The van der Waals surface area contributed by atoms with Crippen LogP contribution in [0, 0.1) is 0 Å². The zero-order chi connectivity index (χ0) is 10.3. The Balaban J connectivity index is 2.70. The number of nitrogens with one attached hydrogen (secondary N) is 1. The second-order valence-corrected chi connectivity index (χ2v) is 3.43. The van der Waals surface area contributed by atoms with Gasteiger partial charge < -0.3 is 0 Å². The van der Waals surface area contributed by atoms with E-state index in [9.17, 15) is 4.79 Å². The Hall–Kier alpha value is -2.16. The first kappa shape index (κ1) is 8.17. The number of aromatic amines is 1. The van der Waals surface area contributed by atoms with E-state index in [1.807, 2.05) is 53.1 Å². The lowest BCUT2D eigenvalue weighted by atomic mass is 10.2. The fraction of sp³-hybridized carbons (Fsp3) is 0. The van der Waals surface area contributed by atoms with Crippen molar-refractivity contribution in [2.45, 2.75) is 0 Å². The van der Waals surface area contributed by atoms with Gasteiger partial charge in [0.1, 0.15) is 10.9 Å².